The summed E-state index contributed by atoms with van der Waals surface area (Å²) in [6.45, 7) is 5.34. The third kappa shape index (κ3) is 4.19. The molecule has 1 aliphatic heterocycles. The van der Waals surface area contributed by atoms with Crippen molar-refractivity contribution in [2.75, 3.05) is 18.5 Å². The zero-order chi connectivity index (χ0) is 16.2. The lowest BCUT2D eigenvalue weighted by atomic mass is 10.1. The molecule has 0 atom stereocenters. The Hall–Kier alpha value is -2.15. The molecule has 2 aromatic rings. The summed E-state index contributed by atoms with van der Waals surface area (Å²) in [6.07, 6.45) is 1.13. The molecule has 1 aromatic carbocycles. The zero-order valence-electron chi connectivity index (χ0n) is 13.2. The Balaban J connectivity index is 1.60. The number of aromatic nitrogens is 2. The Bertz CT molecular complexity index is 700. The fourth-order valence-corrected chi connectivity index (χ4v) is 3.25. The summed E-state index contributed by atoms with van der Waals surface area (Å²) >= 11 is 1.42. The fourth-order valence-electron chi connectivity index (χ4n) is 2.28. The molecule has 122 valence electrons. The lowest BCUT2D eigenvalue weighted by Crippen LogP contribution is -2.17. The molecular formula is C16H19N3O3S. The smallest absolute Gasteiger partial charge is 0.230 e. The van der Waals surface area contributed by atoms with Crippen molar-refractivity contribution in [1.82, 2.24) is 10.2 Å². The number of hydrogen-bond acceptors (Lipinski definition) is 6. The molecule has 0 spiro atoms. The van der Waals surface area contributed by atoms with Crippen molar-refractivity contribution in [3.05, 3.63) is 28.8 Å². The van der Waals surface area contributed by atoms with Crippen LogP contribution in [0.2, 0.25) is 0 Å². The van der Waals surface area contributed by atoms with Crippen LogP contribution in [-0.4, -0.2) is 29.3 Å². The number of ether oxygens (including phenoxy) is 2. The number of hydrogen-bond donors (Lipinski definition) is 1. The van der Waals surface area contributed by atoms with Crippen LogP contribution in [-0.2, 0) is 17.6 Å². The van der Waals surface area contributed by atoms with E-state index >= 15 is 0 Å². The Labute approximate surface area is 138 Å². The van der Waals surface area contributed by atoms with Crippen molar-refractivity contribution < 1.29 is 14.3 Å². The predicted molar refractivity (Wildman–Crippen MR) is 88.2 cm³/mol. The van der Waals surface area contributed by atoms with Gasteiger partial charge in [0.25, 0.3) is 0 Å². The second-order valence-electron chi connectivity index (χ2n) is 5.80. The summed E-state index contributed by atoms with van der Waals surface area (Å²) in [7, 11) is 0. The summed E-state index contributed by atoms with van der Waals surface area (Å²) in [5.74, 6) is 1.82. The Morgan fingerprint density at radius 3 is 2.83 bits per heavy atom. The van der Waals surface area contributed by atoms with Gasteiger partial charge in [0, 0.05) is 6.42 Å². The van der Waals surface area contributed by atoms with Crippen LogP contribution in [0.25, 0.3) is 0 Å². The molecule has 7 heteroatoms. The topological polar surface area (TPSA) is 73.3 Å². The van der Waals surface area contributed by atoms with Gasteiger partial charge in [-0.2, -0.15) is 0 Å². The molecule has 0 saturated heterocycles. The normalized spacial score (nSPS) is 13.2. The van der Waals surface area contributed by atoms with E-state index in [2.05, 4.69) is 29.4 Å². The molecule has 6 nitrogen and oxygen atoms in total. The van der Waals surface area contributed by atoms with Crippen LogP contribution < -0.4 is 14.8 Å². The first-order valence-electron chi connectivity index (χ1n) is 7.61. The summed E-state index contributed by atoms with van der Waals surface area (Å²) < 4.78 is 11.0. The minimum Gasteiger partial charge on any atom is -0.486 e. The molecule has 0 aliphatic carbocycles. The molecule has 0 fully saturated rings. The quantitative estimate of drug-likeness (QED) is 0.911. The SMILES string of the molecule is CC(C)Cc1nnc(NC(=O)Cc2ccc3c(c2)OCCO3)s1. The standard InChI is InChI=1S/C16H19N3O3S/c1-10(2)7-15-18-19-16(23-15)17-14(20)9-11-3-4-12-13(8-11)22-6-5-21-12/h3-4,8,10H,5-7,9H2,1-2H3,(H,17,19,20). The van der Waals surface area contributed by atoms with E-state index in [1.165, 1.54) is 11.3 Å². The van der Waals surface area contributed by atoms with Crippen molar-refractivity contribution in [2.24, 2.45) is 5.92 Å². The van der Waals surface area contributed by atoms with E-state index in [-0.39, 0.29) is 12.3 Å². The van der Waals surface area contributed by atoms with Crippen LogP contribution in [0.3, 0.4) is 0 Å². The minimum absolute atomic E-state index is 0.117. The van der Waals surface area contributed by atoms with Crippen molar-refractivity contribution in [1.29, 1.82) is 0 Å². The maximum absolute atomic E-state index is 12.1. The molecule has 2 heterocycles. The van der Waals surface area contributed by atoms with Gasteiger partial charge in [0.15, 0.2) is 11.5 Å². The third-order valence-corrected chi connectivity index (χ3v) is 4.13. The van der Waals surface area contributed by atoms with Gasteiger partial charge in [-0.3, -0.25) is 4.79 Å². The van der Waals surface area contributed by atoms with Crippen LogP contribution in [0.5, 0.6) is 11.5 Å². The zero-order valence-corrected chi connectivity index (χ0v) is 14.0. The molecule has 1 amide bonds. The van der Waals surface area contributed by atoms with Gasteiger partial charge in [-0.15, -0.1) is 10.2 Å². The molecular weight excluding hydrogens is 314 g/mol. The number of carbonyl (C=O) groups is 1. The average Bonchev–Trinajstić information content (AvgIpc) is 2.93. The van der Waals surface area contributed by atoms with Crippen molar-refractivity contribution in [3.63, 3.8) is 0 Å². The second-order valence-corrected chi connectivity index (χ2v) is 6.86. The molecule has 0 unspecified atom stereocenters. The van der Waals surface area contributed by atoms with E-state index in [4.69, 9.17) is 9.47 Å². The first-order chi connectivity index (χ1) is 11.1. The van der Waals surface area contributed by atoms with Gasteiger partial charge in [0.05, 0.1) is 6.42 Å². The molecule has 23 heavy (non-hydrogen) atoms. The summed E-state index contributed by atoms with van der Waals surface area (Å²) in [5.41, 5.74) is 0.874. The molecule has 1 N–H and O–H groups in total. The van der Waals surface area contributed by atoms with Crippen LogP contribution in [0.4, 0.5) is 5.13 Å². The summed E-state index contributed by atoms with van der Waals surface area (Å²) in [4.78, 5) is 12.1. The highest BCUT2D eigenvalue weighted by molar-refractivity contribution is 7.15. The lowest BCUT2D eigenvalue weighted by molar-refractivity contribution is -0.115. The van der Waals surface area contributed by atoms with Crippen LogP contribution in [0, 0.1) is 5.92 Å². The number of anilines is 1. The Kier molecular flexibility index (Phi) is 4.76. The number of fused-ring (bicyclic) bond motifs is 1. The Morgan fingerprint density at radius 1 is 1.26 bits per heavy atom. The largest absolute Gasteiger partial charge is 0.486 e. The van der Waals surface area contributed by atoms with Gasteiger partial charge < -0.3 is 14.8 Å². The molecule has 0 saturated carbocycles. The summed E-state index contributed by atoms with van der Waals surface area (Å²) in [6, 6.07) is 5.55. The highest BCUT2D eigenvalue weighted by atomic mass is 32.1. The fraction of sp³-hybridized carbons (Fsp3) is 0.438. The number of nitrogens with zero attached hydrogens (tertiary/aromatic N) is 2. The van der Waals surface area contributed by atoms with Crippen LogP contribution >= 0.6 is 11.3 Å². The predicted octanol–water partition coefficient (Wildman–Crippen LogP) is 2.69. The van der Waals surface area contributed by atoms with Crippen molar-refractivity contribution in [2.45, 2.75) is 26.7 Å². The van der Waals surface area contributed by atoms with Crippen LogP contribution in [0.1, 0.15) is 24.4 Å². The third-order valence-electron chi connectivity index (χ3n) is 3.27. The van der Waals surface area contributed by atoms with E-state index in [0.29, 0.717) is 30.0 Å². The number of carbonyl (C=O) groups excluding carboxylic acids is 1. The molecule has 0 radical (unpaired) electrons. The van der Waals surface area contributed by atoms with Crippen molar-refractivity contribution in [3.8, 4) is 11.5 Å². The van der Waals surface area contributed by atoms with E-state index in [0.717, 1.165) is 22.7 Å². The first-order valence-corrected chi connectivity index (χ1v) is 8.42. The van der Waals surface area contributed by atoms with Gasteiger partial charge in [0.2, 0.25) is 11.0 Å². The van der Waals surface area contributed by atoms with Gasteiger partial charge in [-0.1, -0.05) is 31.3 Å². The first kappa shape index (κ1) is 15.7. The molecule has 0 bridgehead atoms. The number of amides is 1. The second kappa shape index (κ2) is 6.95. The number of nitrogens with one attached hydrogen (secondary N) is 1. The average molecular weight is 333 g/mol. The van der Waals surface area contributed by atoms with Crippen LogP contribution in [0.15, 0.2) is 18.2 Å². The van der Waals surface area contributed by atoms with E-state index in [1.807, 2.05) is 18.2 Å². The maximum atomic E-state index is 12.1. The summed E-state index contributed by atoms with van der Waals surface area (Å²) in [5, 5.41) is 12.4. The highest BCUT2D eigenvalue weighted by Gasteiger charge is 2.14. The minimum atomic E-state index is -0.117. The molecule has 1 aliphatic rings. The van der Waals surface area contributed by atoms with Gasteiger partial charge in [0.1, 0.15) is 18.2 Å². The maximum Gasteiger partial charge on any atom is 0.230 e. The van der Waals surface area contributed by atoms with E-state index in [9.17, 15) is 4.79 Å². The Morgan fingerprint density at radius 2 is 2.04 bits per heavy atom. The lowest BCUT2D eigenvalue weighted by Gasteiger charge is -2.18. The number of benzene rings is 1. The molecule has 3 rings (SSSR count). The van der Waals surface area contributed by atoms with E-state index in [1.54, 1.807) is 0 Å². The number of rotatable bonds is 5. The van der Waals surface area contributed by atoms with Gasteiger partial charge >= 0.3 is 0 Å². The van der Waals surface area contributed by atoms with Gasteiger partial charge in [-0.05, 0) is 23.6 Å². The van der Waals surface area contributed by atoms with Crippen molar-refractivity contribution >= 4 is 22.4 Å². The highest BCUT2D eigenvalue weighted by Crippen LogP contribution is 2.31. The molecule has 1 aromatic heterocycles. The van der Waals surface area contributed by atoms with E-state index < -0.39 is 0 Å². The monoisotopic (exact) mass is 333 g/mol. The van der Waals surface area contributed by atoms with Gasteiger partial charge in [-0.25, -0.2) is 0 Å².